The minimum Gasteiger partial charge on any atom is -0.371 e. The third kappa shape index (κ3) is 2.86. The Kier molecular flexibility index (Phi) is 3.83. The minimum absolute atomic E-state index is 0.147. The predicted octanol–water partition coefficient (Wildman–Crippen LogP) is 1.66. The van der Waals surface area contributed by atoms with Crippen molar-refractivity contribution in [3.8, 4) is 11.3 Å². The molecule has 10 nitrogen and oxygen atoms in total. The number of piperidine rings is 1. The van der Waals surface area contributed by atoms with E-state index in [0.717, 1.165) is 41.2 Å². The number of nitrogens with one attached hydrogen (secondary N) is 2. The number of fused-ring (bicyclic) bond motifs is 3. The molecule has 10 heteroatoms. The van der Waals surface area contributed by atoms with Crippen molar-refractivity contribution < 1.29 is 4.79 Å². The summed E-state index contributed by atoms with van der Waals surface area (Å²) in [6.07, 6.45) is 5.21. The third-order valence-electron chi connectivity index (χ3n) is 6.29. The van der Waals surface area contributed by atoms with Crippen molar-refractivity contribution >= 4 is 34.4 Å². The molecule has 2 aliphatic rings. The number of nitrogens with zero attached hydrogens (tertiary/aromatic N) is 7. The zero-order valence-electron chi connectivity index (χ0n) is 17.1. The van der Waals surface area contributed by atoms with E-state index < -0.39 is 0 Å². The van der Waals surface area contributed by atoms with Crippen LogP contribution < -0.4 is 10.6 Å². The Hall–Kier alpha value is -3.82. The molecule has 31 heavy (non-hydrogen) atoms. The van der Waals surface area contributed by atoms with Gasteiger partial charge < -0.3 is 15.5 Å². The molecule has 2 fully saturated rings. The molecule has 1 unspecified atom stereocenters. The van der Waals surface area contributed by atoms with E-state index in [1.165, 1.54) is 0 Å². The average Bonchev–Trinajstić information content (AvgIpc) is 3.14. The summed E-state index contributed by atoms with van der Waals surface area (Å²) in [5.41, 5.74) is 3.91. The van der Waals surface area contributed by atoms with Crippen molar-refractivity contribution in [1.82, 2.24) is 34.4 Å². The zero-order valence-corrected chi connectivity index (χ0v) is 17.1. The van der Waals surface area contributed by atoms with Crippen LogP contribution in [0.2, 0.25) is 0 Å². The lowest BCUT2D eigenvalue weighted by Crippen LogP contribution is -2.32. The Morgan fingerprint density at radius 1 is 1.10 bits per heavy atom. The highest BCUT2D eigenvalue weighted by Gasteiger charge is 2.56. The van der Waals surface area contributed by atoms with Gasteiger partial charge in [0.05, 0.1) is 5.69 Å². The Morgan fingerprint density at radius 2 is 1.90 bits per heavy atom. The summed E-state index contributed by atoms with van der Waals surface area (Å²) in [5, 5.41) is 11.3. The van der Waals surface area contributed by atoms with E-state index in [4.69, 9.17) is 4.98 Å². The van der Waals surface area contributed by atoms with Gasteiger partial charge in [0.1, 0.15) is 11.0 Å². The van der Waals surface area contributed by atoms with Crippen LogP contribution in [-0.2, 0) is 4.79 Å². The molecule has 0 bridgehead atoms. The Balaban J connectivity index is 1.32. The monoisotopic (exact) mass is 415 g/mol. The highest BCUT2D eigenvalue weighted by molar-refractivity contribution is 5.89. The van der Waals surface area contributed by atoms with Crippen molar-refractivity contribution in [1.29, 1.82) is 0 Å². The molecule has 1 saturated heterocycles. The van der Waals surface area contributed by atoms with Gasteiger partial charge in [-0.25, -0.2) is 14.5 Å². The molecule has 5 heterocycles. The van der Waals surface area contributed by atoms with Crippen LogP contribution in [0.4, 0.5) is 11.8 Å². The summed E-state index contributed by atoms with van der Waals surface area (Å²) in [7, 11) is 1.85. The summed E-state index contributed by atoms with van der Waals surface area (Å²) in [5.74, 6) is 2.39. The summed E-state index contributed by atoms with van der Waals surface area (Å²) in [6, 6.07) is 6.15. The summed E-state index contributed by atoms with van der Waals surface area (Å²) in [4.78, 5) is 31.4. The van der Waals surface area contributed by atoms with Gasteiger partial charge in [-0.1, -0.05) is 0 Å². The molecular formula is C21H21N9O. The average molecular weight is 415 g/mol. The number of likely N-dealkylation sites (tertiary alicyclic amines) is 1. The number of hydrogen-bond donors (Lipinski definition) is 2. The van der Waals surface area contributed by atoms with Crippen LogP contribution in [0.3, 0.4) is 0 Å². The van der Waals surface area contributed by atoms with Crippen molar-refractivity contribution in [2.75, 3.05) is 30.8 Å². The lowest BCUT2D eigenvalue weighted by molar-refractivity contribution is -0.128. The molecule has 0 aromatic carbocycles. The molecule has 4 aromatic heterocycles. The first-order valence-corrected chi connectivity index (χ1v) is 10.3. The number of carbonyl (C=O) groups is 1. The highest BCUT2D eigenvalue weighted by atomic mass is 16.2. The number of hydrogen-bond acceptors (Lipinski definition) is 8. The summed E-state index contributed by atoms with van der Waals surface area (Å²) >= 11 is 0. The Labute approximate surface area is 177 Å². The first kappa shape index (κ1) is 18.0. The second-order valence-corrected chi connectivity index (χ2v) is 8.07. The van der Waals surface area contributed by atoms with Gasteiger partial charge in [0.2, 0.25) is 11.9 Å². The van der Waals surface area contributed by atoms with E-state index in [2.05, 4.69) is 30.7 Å². The molecule has 1 amide bonds. The maximum atomic E-state index is 11.6. The van der Waals surface area contributed by atoms with E-state index >= 15 is 0 Å². The number of aromatic nitrogens is 6. The number of anilines is 2. The van der Waals surface area contributed by atoms with Crippen molar-refractivity contribution in [3.05, 3.63) is 36.8 Å². The lowest BCUT2D eigenvalue weighted by atomic mass is 10.2. The normalized spacial score (nSPS) is 22.0. The largest absolute Gasteiger partial charge is 0.371 e. The van der Waals surface area contributed by atoms with Crippen LogP contribution in [-0.4, -0.2) is 66.5 Å². The smallest absolute Gasteiger partial charge is 0.243 e. The van der Waals surface area contributed by atoms with Crippen LogP contribution >= 0.6 is 0 Å². The van der Waals surface area contributed by atoms with E-state index in [9.17, 15) is 4.79 Å². The van der Waals surface area contributed by atoms with Gasteiger partial charge in [-0.3, -0.25) is 9.78 Å². The van der Waals surface area contributed by atoms with Gasteiger partial charge >= 0.3 is 0 Å². The van der Waals surface area contributed by atoms with Crippen molar-refractivity contribution in [2.45, 2.75) is 13.0 Å². The van der Waals surface area contributed by atoms with E-state index in [1.807, 2.05) is 40.9 Å². The van der Waals surface area contributed by atoms with Crippen LogP contribution in [0.15, 0.2) is 36.8 Å². The SMILES string of the molecule is CNc1nc(NC2[C@H]3CN(C(C)=O)C[C@@H]23)nn2ccc(-c3ccc4nccnc4n3)c12. The van der Waals surface area contributed by atoms with Crippen LogP contribution in [0.5, 0.6) is 0 Å². The second kappa shape index (κ2) is 6.59. The first-order chi connectivity index (χ1) is 15.1. The molecule has 2 N–H and O–H groups in total. The van der Waals surface area contributed by atoms with Crippen molar-refractivity contribution in [2.24, 2.45) is 11.8 Å². The van der Waals surface area contributed by atoms with Gasteiger partial charge in [-0.05, 0) is 18.2 Å². The lowest BCUT2D eigenvalue weighted by Gasteiger charge is -2.18. The standard InChI is InChI=1S/C21H21N9O/c1-11(31)29-9-13-14(10-29)17(13)26-21-27-20(22-2)18-12(5-8-30(18)28-21)15-3-4-16-19(25-15)24-7-6-23-16/h3-8,13-14,17H,9-10H2,1-2H3,(H2,22,26,27,28)/t13-,14+,17?. The third-order valence-corrected chi connectivity index (χ3v) is 6.29. The second-order valence-electron chi connectivity index (χ2n) is 8.07. The number of pyridine rings is 1. The van der Waals surface area contributed by atoms with Gasteiger partial charge in [0.15, 0.2) is 11.5 Å². The van der Waals surface area contributed by atoms with E-state index in [-0.39, 0.29) is 5.91 Å². The molecule has 1 aliphatic heterocycles. The number of amides is 1. The Bertz CT molecular complexity index is 1320. The molecule has 0 radical (unpaired) electrons. The summed E-state index contributed by atoms with van der Waals surface area (Å²) in [6.45, 7) is 3.25. The highest BCUT2D eigenvalue weighted by Crippen LogP contribution is 2.47. The van der Waals surface area contributed by atoms with E-state index in [0.29, 0.717) is 29.5 Å². The van der Waals surface area contributed by atoms with Crippen LogP contribution in [0, 0.1) is 11.8 Å². The van der Waals surface area contributed by atoms with Crippen molar-refractivity contribution in [3.63, 3.8) is 0 Å². The Morgan fingerprint density at radius 3 is 2.68 bits per heavy atom. The fourth-order valence-electron chi connectivity index (χ4n) is 4.62. The van der Waals surface area contributed by atoms with Gasteiger partial charge in [0.25, 0.3) is 0 Å². The molecular weight excluding hydrogens is 394 g/mol. The fourth-order valence-corrected chi connectivity index (χ4v) is 4.62. The van der Waals surface area contributed by atoms with Crippen LogP contribution in [0.25, 0.3) is 27.9 Å². The maximum Gasteiger partial charge on any atom is 0.243 e. The molecule has 1 saturated carbocycles. The van der Waals surface area contributed by atoms with Gasteiger partial charge in [-0.15, -0.1) is 5.10 Å². The molecule has 6 rings (SSSR count). The van der Waals surface area contributed by atoms with Gasteiger partial charge in [0, 0.05) is 69.1 Å². The topological polar surface area (TPSA) is 113 Å². The van der Waals surface area contributed by atoms with Crippen LogP contribution in [0.1, 0.15) is 6.92 Å². The quantitative estimate of drug-likeness (QED) is 0.517. The molecule has 156 valence electrons. The summed E-state index contributed by atoms with van der Waals surface area (Å²) < 4.78 is 1.82. The fraction of sp³-hybridized carbons (Fsp3) is 0.333. The van der Waals surface area contributed by atoms with E-state index in [1.54, 1.807) is 19.3 Å². The molecule has 1 aliphatic carbocycles. The first-order valence-electron chi connectivity index (χ1n) is 10.3. The van der Waals surface area contributed by atoms with Gasteiger partial charge in [-0.2, -0.15) is 4.98 Å². The zero-order chi connectivity index (χ0) is 21.1. The number of carbonyl (C=O) groups excluding carboxylic acids is 1. The molecule has 3 atom stereocenters. The minimum atomic E-state index is 0.147. The molecule has 0 spiro atoms. The molecule has 4 aromatic rings. The maximum absolute atomic E-state index is 11.6. The predicted molar refractivity (Wildman–Crippen MR) is 116 cm³/mol. The number of rotatable bonds is 4.